The number of rotatable bonds is 8. The van der Waals surface area contributed by atoms with Gasteiger partial charge in [0.05, 0.1) is 0 Å². The zero-order chi connectivity index (χ0) is 14.3. The van der Waals surface area contributed by atoms with Crippen molar-refractivity contribution in [3.63, 3.8) is 0 Å². The summed E-state index contributed by atoms with van der Waals surface area (Å²) in [4.78, 5) is 6.85. The van der Waals surface area contributed by atoms with Crippen molar-refractivity contribution in [1.82, 2.24) is 10.3 Å². The van der Waals surface area contributed by atoms with Gasteiger partial charge in [-0.2, -0.15) is 0 Å². The summed E-state index contributed by atoms with van der Waals surface area (Å²) in [5.41, 5.74) is 2.48. The molecule has 0 atom stereocenters. The van der Waals surface area contributed by atoms with E-state index in [0.717, 1.165) is 31.7 Å². The molecular weight excluding hydrogens is 234 g/mol. The zero-order valence-corrected chi connectivity index (χ0v) is 12.7. The highest BCUT2D eigenvalue weighted by atomic mass is 15.2. The van der Waals surface area contributed by atoms with Gasteiger partial charge in [-0.1, -0.05) is 33.3 Å². The third kappa shape index (κ3) is 5.43. The number of nitrogens with zero attached hydrogens (tertiary/aromatic N) is 2. The molecule has 0 aliphatic heterocycles. The molecule has 0 amide bonds. The van der Waals surface area contributed by atoms with Crippen LogP contribution in [0.2, 0.25) is 0 Å². The van der Waals surface area contributed by atoms with Crippen LogP contribution in [0.5, 0.6) is 0 Å². The summed E-state index contributed by atoms with van der Waals surface area (Å²) in [6, 6.07) is 4.87. The third-order valence-corrected chi connectivity index (χ3v) is 2.94. The summed E-state index contributed by atoms with van der Waals surface area (Å²) in [6.45, 7) is 12.0. The molecule has 0 saturated carbocycles. The number of likely N-dealkylation sites (N-methyl/N-ethyl adjacent to an activating group) is 1. The van der Waals surface area contributed by atoms with E-state index in [9.17, 15) is 0 Å². The Kier molecular flexibility index (Phi) is 6.57. The van der Waals surface area contributed by atoms with Crippen LogP contribution in [0, 0.1) is 0 Å². The normalized spacial score (nSPS) is 10.8. The molecule has 3 nitrogen and oxygen atoms in total. The van der Waals surface area contributed by atoms with E-state index in [-0.39, 0.29) is 0 Å². The van der Waals surface area contributed by atoms with Crippen molar-refractivity contribution in [2.45, 2.75) is 46.2 Å². The third-order valence-electron chi connectivity index (χ3n) is 2.94. The average molecular weight is 261 g/mol. The van der Waals surface area contributed by atoms with Gasteiger partial charge in [-0.25, -0.2) is 4.98 Å². The van der Waals surface area contributed by atoms with Crippen molar-refractivity contribution < 1.29 is 0 Å². The largest absolute Gasteiger partial charge is 0.356 e. The molecule has 106 valence electrons. The molecule has 0 aliphatic carbocycles. The predicted molar refractivity (Wildman–Crippen MR) is 83.7 cm³/mol. The lowest BCUT2D eigenvalue weighted by molar-refractivity contribution is 0.588. The molecule has 0 unspecified atom stereocenters. The zero-order valence-electron chi connectivity index (χ0n) is 12.7. The second-order valence-electron chi connectivity index (χ2n) is 5.28. The van der Waals surface area contributed by atoms with E-state index in [2.05, 4.69) is 56.7 Å². The van der Waals surface area contributed by atoms with E-state index in [1.807, 2.05) is 6.08 Å². The lowest BCUT2D eigenvalue weighted by Crippen LogP contribution is -2.23. The van der Waals surface area contributed by atoms with Gasteiger partial charge >= 0.3 is 0 Å². The summed E-state index contributed by atoms with van der Waals surface area (Å²) < 4.78 is 0. The van der Waals surface area contributed by atoms with Crippen LogP contribution in [0.3, 0.4) is 0 Å². The van der Waals surface area contributed by atoms with Crippen molar-refractivity contribution in [3.8, 4) is 0 Å². The first kappa shape index (κ1) is 15.7. The molecule has 19 heavy (non-hydrogen) atoms. The minimum Gasteiger partial charge on any atom is -0.356 e. The Bertz CT molecular complexity index is 399. The van der Waals surface area contributed by atoms with Crippen LogP contribution in [0.25, 0.3) is 0 Å². The van der Waals surface area contributed by atoms with Crippen molar-refractivity contribution >= 4 is 5.82 Å². The van der Waals surface area contributed by atoms with Gasteiger partial charge in [0.2, 0.25) is 0 Å². The van der Waals surface area contributed by atoms with Crippen LogP contribution in [-0.2, 0) is 13.0 Å². The number of aryl methyl sites for hydroxylation is 1. The lowest BCUT2D eigenvalue weighted by atomic mass is 10.1. The second-order valence-corrected chi connectivity index (χ2v) is 5.28. The van der Waals surface area contributed by atoms with Crippen molar-refractivity contribution in [2.24, 2.45) is 0 Å². The van der Waals surface area contributed by atoms with Crippen LogP contribution in [-0.4, -0.2) is 24.6 Å². The monoisotopic (exact) mass is 261 g/mol. The molecule has 3 heteroatoms. The number of nitrogens with one attached hydrogen (secondary N) is 1. The van der Waals surface area contributed by atoms with Gasteiger partial charge in [0.25, 0.3) is 0 Å². The van der Waals surface area contributed by atoms with E-state index < -0.39 is 0 Å². The minimum atomic E-state index is 0.497. The first-order chi connectivity index (χ1) is 9.06. The maximum absolute atomic E-state index is 4.72. The summed E-state index contributed by atoms with van der Waals surface area (Å²) in [5, 5.41) is 3.46. The van der Waals surface area contributed by atoms with E-state index in [0.29, 0.717) is 6.04 Å². The summed E-state index contributed by atoms with van der Waals surface area (Å²) in [6.07, 6.45) is 4.06. The standard InChI is InChI=1S/C16H27N3/c1-6-8-15-10-14(12-17-13(3)4)11-16(18-15)19(5)9-7-2/h7,10-11,13,17H,2,6,8-9,12H2,1,3-5H3. The van der Waals surface area contributed by atoms with Gasteiger partial charge in [-0.15, -0.1) is 6.58 Å². The Hall–Kier alpha value is -1.35. The molecule has 1 aromatic heterocycles. The topological polar surface area (TPSA) is 28.2 Å². The SMILES string of the molecule is C=CCN(C)c1cc(CNC(C)C)cc(CCC)n1. The summed E-state index contributed by atoms with van der Waals surface area (Å²) >= 11 is 0. The van der Waals surface area contributed by atoms with E-state index in [1.165, 1.54) is 11.3 Å². The van der Waals surface area contributed by atoms with Gasteiger partial charge in [0.15, 0.2) is 0 Å². The van der Waals surface area contributed by atoms with Crippen LogP contribution in [0.15, 0.2) is 24.8 Å². The maximum Gasteiger partial charge on any atom is 0.129 e. The molecule has 0 radical (unpaired) electrons. The van der Waals surface area contributed by atoms with Gasteiger partial charge in [-0.05, 0) is 24.1 Å². The second kappa shape index (κ2) is 7.95. The molecule has 0 fully saturated rings. The molecule has 0 bridgehead atoms. The van der Waals surface area contributed by atoms with E-state index in [1.54, 1.807) is 0 Å². The highest BCUT2D eigenvalue weighted by molar-refractivity contribution is 5.42. The van der Waals surface area contributed by atoms with Crippen LogP contribution in [0.1, 0.15) is 38.4 Å². The Balaban J connectivity index is 2.92. The van der Waals surface area contributed by atoms with Crippen molar-refractivity contribution in [1.29, 1.82) is 0 Å². The molecule has 0 aromatic carbocycles. The fraction of sp³-hybridized carbons (Fsp3) is 0.562. The molecular formula is C16H27N3. The van der Waals surface area contributed by atoms with E-state index in [4.69, 9.17) is 4.98 Å². The number of pyridine rings is 1. The van der Waals surface area contributed by atoms with Gasteiger partial charge in [0.1, 0.15) is 5.82 Å². The van der Waals surface area contributed by atoms with Crippen LogP contribution in [0.4, 0.5) is 5.82 Å². The number of hydrogen-bond acceptors (Lipinski definition) is 3. The van der Waals surface area contributed by atoms with Gasteiger partial charge in [0, 0.05) is 31.9 Å². The smallest absolute Gasteiger partial charge is 0.129 e. The van der Waals surface area contributed by atoms with Gasteiger partial charge < -0.3 is 10.2 Å². The number of hydrogen-bond donors (Lipinski definition) is 1. The summed E-state index contributed by atoms with van der Waals surface area (Å²) in [7, 11) is 2.05. The first-order valence-electron chi connectivity index (χ1n) is 7.12. The number of anilines is 1. The fourth-order valence-corrected chi connectivity index (χ4v) is 1.92. The minimum absolute atomic E-state index is 0.497. The predicted octanol–water partition coefficient (Wildman–Crippen LogP) is 3.15. The molecule has 0 aliphatic rings. The Morgan fingerprint density at radius 3 is 2.74 bits per heavy atom. The number of aromatic nitrogens is 1. The van der Waals surface area contributed by atoms with Gasteiger partial charge in [-0.3, -0.25) is 0 Å². The average Bonchev–Trinajstić information content (AvgIpc) is 2.37. The molecule has 1 rings (SSSR count). The Labute approximate surface area is 117 Å². The molecule has 1 N–H and O–H groups in total. The highest BCUT2D eigenvalue weighted by Gasteiger charge is 2.06. The Morgan fingerprint density at radius 2 is 2.16 bits per heavy atom. The van der Waals surface area contributed by atoms with E-state index >= 15 is 0 Å². The quantitative estimate of drug-likeness (QED) is 0.729. The maximum atomic E-state index is 4.72. The summed E-state index contributed by atoms with van der Waals surface area (Å²) in [5.74, 6) is 1.03. The lowest BCUT2D eigenvalue weighted by Gasteiger charge is -2.19. The van der Waals surface area contributed by atoms with Crippen LogP contribution >= 0.6 is 0 Å². The Morgan fingerprint density at radius 1 is 1.42 bits per heavy atom. The molecule has 0 spiro atoms. The van der Waals surface area contributed by atoms with Crippen molar-refractivity contribution in [2.75, 3.05) is 18.5 Å². The molecule has 1 heterocycles. The molecule has 1 aromatic rings. The van der Waals surface area contributed by atoms with Crippen LogP contribution < -0.4 is 10.2 Å². The fourth-order valence-electron chi connectivity index (χ4n) is 1.92. The van der Waals surface area contributed by atoms with Crippen molar-refractivity contribution in [3.05, 3.63) is 36.0 Å². The highest BCUT2D eigenvalue weighted by Crippen LogP contribution is 2.15. The molecule has 0 saturated heterocycles. The first-order valence-corrected chi connectivity index (χ1v) is 7.12.